The molecule has 3 atom stereocenters. The van der Waals surface area contributed by atoms with Crippen LogP contribution in [0.3, 0.4) is 0 Å². The van der Waals surface area contributed by atoms with Crippen LogP contribution in [-0.4, -0.2) is 62.3 Å². The molecule has 7 rings (SSSR count). The number of rotatable bonds is 4. The van der Waals surface area contributed by atoms with Crippen molar-refractivity contribution in [3.8, 4) is 0 Å². The van der Waals surface area contributed by atoms with Crippen LogP contribution in [0.5, 0.6) is 0 Å². The number of halogens is 1. The highest BCUT2D eigenvalue weighted by molar-refractivity contribution is 6.30. The lowest BCUT2D eigenvalue weighted by Crippen LogP contribution is -2.44. The molecular formula is C31H25ClN4O5. The summed E-state index contributed by atoms with van der Waals surface area (Å²) in [6, 6.07) is 18.6. The summed E-state index contributed by atoms with van der Waals surface area (Å²) in [6.07, 6.45) is 1.23. The predicted molar refractivity (Wildman–Crippen MR) is 152 cm³/mol. The molecule has 3 aliphatic rings. The number of hydrogen-bond donors (Lipinski definition) is 2. The van der Waals surface area contributed by atoms with Crippen LogP contribution >= 0.6 is 11.6 Å². The number of imide groups is 1. The Morgan fingerprint density at radius 3 is 2.56 bits per heavy atom. The first kappa shape index (κ1) is 25.3. The van der Waals surface area contributed by atoms with Gasteiger partial charge in [-0.3, -0.25) is 14.5 Å². The lowest BCUT2D eigenvalue weighted by atomic mass is 9.89. The highest BCUT2D eigenvalue weighted by Gasteiger charge is 2.54. The van der Waals surface area contributed by atoms with Gasteiger partial charge in [-0.1, -0.05) is 54.1 Å². The number of hydrogen-bond acceptors (Lipinski definition) is 4. The van der Waals surface area contributed by atoms with Gasteiger partial charge in [0.05, 0.1) is 11.3 Å². The molecule has 0 aliphatic carbocycles. The zero-order valence-electron chi connectivity index (χ0n) is 21.8. The average Bonchev–Trinajstić information content (AvgIpc) is 3.67. The van der Waals surface area contributed by atoms with Gasteiger partial charge >= 0.3 is 12.0 Å². The Hall–Kier alpha value is -4.63. The van der Waals surface area contributed by atoms with Crippen LogP contribution in [0.4, 0.5) is 10.5 Å². The molecular weight excluding hydrogens is 544 g/mol. The number of carbonyl (C=O) groups is 4. The Labute approximate surface area is 239 Å². The molecule has 3 aromatic carbocycles. The SMILES string of the molecule is O=C(O)[C@H]1CCCN1C(=O)c1ccccc1N1C(=O)[C@@H]2Cc3c([nH]c4ccccc34)[C@H](c3cccc(Cl)c3)N2C1=O. The summed E-state index contributed by atoms with van der Waals surface area (Å²) in [5, 5.41) is 11.1. The number of urea groups is 1. The fourth-order valence-corrected chi connectivity index (χ4v) is 6.79. The molecule has 0 saturated carbocycles. The van der Waals surface area contributed by atoms with Crippen molar-refractivity contribution >= 4 is 52.0 Å². The lowest BCUT2D eigenvalue weighted by molar-refractivity contribution is -0.141. The molecule has 206 valence electrons. The number of likely N-dealkylation sites (tertiary alicyclic amines) is 1. The van der Waals surface area contributed by atoms with Crippen LogP contribution in [0.1, 0.15) is 46.1 Å². The minimum Gasteiger partial charge on any atom is -0.480 e. The number of aromatic nitrogens is 1. The Balaban J connectivity index is 1.34. The first-order valence-corrected chi connectivity index (χ1v) is 13.9. The van der Waals surface area contributed by atoms with E-state index in [0.29, 0.717) is 30.8 Å². The quantitative estimate of drug-likeness (QED) is 0.337. The molecule has 0 unspecified atom stereocenters. The van der Waals surface area contributed by atoms with E-state index in [0.717, 1.165) is 32.6 Å². The van der Waals surface area contributed by atoms with Gasteiger partial charge in [0.25, 0.3) is 11.8 Å². The molecule has 3 aliphatic heterocycles. The number of carbonyl (C=O) groups excluding carboxylic acids is 3. The topological polar surface area (TPSA) is 114 Å². The van der Waals surface area contributed by atoms with Crippen molar-refractivity contribution in [2.75, 3.05) is 11.4 Å². The second-order valence-electron chi connectivity index (χ2n) is 10.6. The number of fused-ring (bicyclic) bond motifs is 4. The highest BCUT2D eigenvalue weighted by Crippen LogP contribution is 2.45. The Kier molecular flexibility index (Phi) is 5.86. The summed E-state index contributed by atoms with van der Waals surface area (Å²) in [6.45, 7) is 0.291. The van der Waals surface area contributed by atoms with E-state index in [1.54, 1.807) is 35.2 Å². The van der Waals surface area contributed by atoms with Crippen LogP contribution in [0.15, 0.2) is 72.8 Å². The Morgan fingerprint density at radius 1 is 0.976 bits per heavy atom. The second-order valence-corrected chi connectivity index (χ2v) is 11.1. The van der Waals surface area contributed by atoms with Crippen LogP contribution in [-0.2, 0) is 16.0 Å². The zero-order chi connectivity index (χ0) is 28.4. The Bertz CT molecular complexity index is 1770. The van der Waals surface area contributed by atoms with Gasteiger partial charge < -0.3 is 15.0 Å². The van der Waals surface area contributed by atoms with Crippen molar-refractivity contribution < 1.29 is 24.3 Å². The van der Waals surface area contributed by atoms with Gasteiger partial charge in [-0.15, -0.1) is 0 Å². The normalized spacial score (nSPS) is 21.9. The molecule has 1 aromatic heterocycles. The molecule has 41 heavy (non-hydrogen) atoms. The molecule has 0 radical (unpaired) electrons. The van der Waals surface area contributed by atoms with Crippen LogP contribution in [0.2, 0.25) is 5.02 Å². The van der Waals surface area contributed by atoms with Crippen molar-refractivity contribution in [3.63, 3.8) is 0 Å². The molecule has 0 bridgehead atoms. The number of amides is 4. The summed E-state index contributed by atoms with van der Waals surface area (Å²) < 4.78 is 0. The van der Waals surface area contributed by atoms with Crippen LogP contribution < -0.4 is 4.90 Å². The number of nitrogens with one attached hydrogen (secondary N) is 1. The maximum atomic E-state index is 14.3. The van der Waals surface area contributed by atoms with E-state index < -0.39 is 41.9 Å². The van der Waals surface area contributed by atoms with Gasteiger partial charge in [0.15, 0.2) is 0 Å². The molecule has 2 N–H and O–H groups in total. The summed E-state index contributed by atoms with van der Waals surface area (Å²) in [5.74, 6) is -2.02. The van der Waals surface area contributed by atoms with Crippen molar-refractivity contribution in [1.29, 1.82) is 0 Å². The van der Waals surface area contributed by atoms with Gasteiger partial charge in [-0.2, -0.15) is 0 Å². The number of aliphatic carboxylic acids is 1. The number of para-hydroxylation sites is 2. The minimum atomic E-state index is -1.07. The Morgan fingerprint density at radius 2 is 1.76 bits per heavy atom. The van der Waals surface area contributed by atoms with Crippen LogP contribution in [0.25, 0.3) is 10.9 Å². The number of nitrogens with zero attached hydrogens (tertiary/aromatic N) is 3. The summed E-state index contributed by atoms with van der Waals surface area (Å²) in [5.41, 5.74) is 3.71. The average molecular weight is 569 g/mol. The van der Waals surface area contributed by atoms with Gasteiger partial charge in [0.2, 0.25) is 0 Å². The monoisotopic (exact) mass is 568 g/mol. The fraction of sp³-hybridized carbons (Fsp3) is 0.226. The smallest absolute Gasteiger partial charge is 0.332 e. The van der Waals surface area contributed by atoms with Gasteiger partial charge in [-0.25, -0.2) is 14.5 Å². The van der Waals surface area contributed by atoms with Crippen molar-refractivity contribution in [2.45, 2.75) is 37.4 Å². The second kappa shape index (κ2) is 9.49. The molecule has 4 amide bonds. The molecule has 4 heterocycles. The summed E-state index contributed by atoms with van der Waals surface area (Å²) in [7, 11) is 0. The largest absolute Gasteiger partial charge is 0.480 e. The van der Waals surface area contributed by atoms with E-state index in [-0.39, 0.29) is 11.3 Å². The number of H-pyrrole nitrogens is 1. The van der Waals surface area contributed by atoms with E-state index >= 15 is 0 Å². The first-order chi connectivity index (χ1) is 19.8. The standard InChI is InChI=1S/C31H25ClN4O5/c32-18-8-5-7-17(15-18)27-26-21(19-9-1-3-11-22(19)33-26)16-25-29(38)36(31(41)35(25)27)23-12-4-2-10-20(23)28(37)34-14-6-13-24(34)30(39)40/h1-5,7-12,15,24-25,27,33H,6,13-14,16H2,(H,39,40)/t24-,25+,27+/m1/s1. The number of carboxylic acids is 1. The third-order valence-electron chi connectivity index (χ3n) is 8.39. The predicted octanol–water partition coefficient (Wildman–Crippen LogP) is 4.99. The minimum absolute atomic E-state index is 0.116. The van der Waals surface area contributed by atoms with Crippen LogP contribution in [0, 0.1) is 0 Å². The molecule has 2 saturated heterocycles. The van der Waals surface area contributed by atoms with E-state index in [1.165, 1.54) is 11.0 Å². The van der Waals surface area contributed by atoms with E-state index in [9.17, 15) is 24.3 Å². The maximum Gasteiger partial charge on any atom is 0.332 e. The van der Waals surface area contributed by atoms with E-state index in [2.05, 4.69) is 4.98 Å². The zero-order valence-corrected chi connectivity index (χ0v) is 22.5. The van der Waals surface area contributed by atoms with Crippen molar-refractivity contribution in [3.05, 3.63) is 100 Å². The van der Waals surface area contributed by atoms with E-state index in [1.807, 2.05) is 36.4 Å². The molecule has 9 nitrogen and oxygen atoms in total. The van der Waals surface area contributed by atoms with Crippen molar-refractivity contribution in [2.24, 2.45) is 0 Å². The summed E-state index contributed by atoms with van der Waals surface area (Å²) >= 11 is 6.38. The summed E-state index contributed by atoms with van der Waals surface area (Å²) in [4.78, 5) is 61.3. The third kappa shape index (κ3) is 3.83. The lowest BCUT2D eigenvalue weighted by Gasteiger charge is -2.36. The number of aromatic amines is 1. The first-order valence-electron chi connectivity index (χ1n) is 13.5. The fourth-order valence-electron chi connectivity index (χ4n) is 6.59. The van der Waals surface area contributed by atoms with Gasteiger partial charge in [-0.05, 0) is 54.3 Å². The molecule has 4 aromatic rings. The van der Waals surface area contributed by atoms with Gasteiger partial charge in [0, 0.05) is 34.6 Å². The molecule has 10 heteroatoms. The maximum absolute atomic E-state index is 14.3. The van der Waals surface area contributed by atoms with Gasteiger partial charge in [0.1, 0.15) is 18.1 Å². The van der Waals surface area contributed by atoms with Crippen molar-refractivity contribution in [1.82, 2.24) is 14.8 Å². The highest BCUT2D eigenvalue weighted by atomic mass is 35.5. The molecule has 0 spiro atoms. The van der Waals surface area contributed by atoms with E-state index in [4.69, 9.17) is 11.6 Å². The number of carboxylic acid groups (broad SMARTS) is 1. The number of anilines is 1. The third-order valence-corrected chi connectivity index (χ3v) is 8.62. The molecule has 2 fully saturated rings. The number of benzene rings is 3.